The molecule has 0 spiro atoms. The molecule has 1 aromatic carbocycles. The van der Waals surface area contributed by atoms with Crippen LogP contribution in [0.15, 0.2) is 24.3 Å². The van der Waals surface area contributed by atoms with Gasteiger partial charge in [0.25, 0.3) is 0 Å². The van der Waals surface area contributed by atoms with Crippen LogP contribution in [0.25, 0.3) is 0 Å². The predicted octanol–water partition coefficient (Wildman–Crippen LogP) is 2.20. The molecule has 0 saturated carbocycles. The Morgan fingerprint density at radius 3 is 2.42 bits per heavy atom. The van der Waals surface area contributed by atoms with Crippen molar-refractivity contribution in [3.63, 3.8) is 0 Å². The molecule has 1 unspecified atom stereocenters. The van der Waals surface area contributed by atoms with Gasteiger partial charge in [0.2, 0.25) is 0 Å². The van der Waals surface area contributed by atoms with Crippen LogP contribution in [-0.2, 0) is 0 Å². The minimum Gasteiger partial charge on any atom is -0.395 e. The number of alkyl halides is 3. The van der Waals surface area contributed by atoms with E-state index in [9.17, 15) is 13.2 Å². The zero-order valence-electron chi connectivity index (χ0n) is 10.2. The summed E-state index contributed by atoms with van der Waals surface area (Å²) in [7, 11) is 0. The van der Waals surface area contributed by atoms with Gasteiger partial charge in [-0.05, 0) is 11.6 Å². The number of benzene rings is 1. The van der Waals surface area contributed by atoms with E-state index in [1.165, 1.54) is 0 Å². The first-order valence-electron chi connectivity index (χ1n) is 5.75. The van der Waals surface area contributed by atoms with Crippen molar-refractivity contribution < 1.29 is 18.3 Å². The lowest BCUT2D eigenvalue weighted by Gasteiger charge is -2.31. The predicted molar refractivity (Wildman–Crippen MR) is 68.0 cm³/mol. The average molecular weight is 297 g/mol. The second-order valence-electron chi connectivity index (χ2n) is 4.08. The van der Waals surface area contributed by atoms with Gasteiger partial charge in [0, 0.05) is 24.2 Å². The molecular formula is C12H16ClF3N2O. The van der Waals surface area contributed by atoms with Crippen molar-refractivity contribution in [2.45, 2.75) is 12.2 Å². The number of halogens is 4. The van der Waals surface area contributed by atoms with Crippen LogP contribution in [0, 0.1) is 0 Å². The summed E-state index contributed by atoms with van der Waals surface area (Å²) in [6.45, 7) is -1.65. The summed E-state index contributed by atoms with van der Waals surface area (Å²) < 4.78 is 37.6. The van der Waals surface area contributed by atoms with Gasteiger partial charge < -0.3 is 10.8 Å². The van der Waals surface area contributed by atoms with Crippen LogP contribution in [-0.4, -0.2) is 42.4 Å². The molecule has 1 aromatic rings. The number of rotatable bonds is 6. The number of nitrogens with zero attached hydrogens (tertiary/aromatic N) is 1. The molecule has 0 amide bonds. The van der Waals surface area contributed by atoms with Gasteiger partial charge in [-0.3, -0.25) is 4.90 Å². The molecular weight excluding hydrogens is 281 g/mol. The monoisotopic (exact) mass is 296 g/mol. The van der Waals surface area contributed by atoms with Crippen LogP contribution in [0.3, 0.4) is 0 Å². The Morgan fingerprint density at radius 1 is 1.32 bits per heavy atom. The quantitative estimate of drug-likeness (QED) is 0.846. The molecule has 108 valence electrons. The van der Waals surface area contributed by atoms with Gasteiger partial charge in [-0.15, -0.1) is 0 Å². The molecule has 0 aliphatic heterocycles. The first-order valence-corrected chi connectivity index (χ1v) is 6.13. The second-order valence-corrected chi connectivity index (χ2v) is 4.49. The summed E-state index contributed by atoms with van der Waals surface area (Å²) in [6, 6.07) is 5.95. The van der Waals surface area contributed by atoms with E-state index in [0.29, 0.717) is 10.6 Å². The SMILES string of the molecule is NCC(c1ccccc1Cl)N(CCO)CC(F)(F)F. The minimum absolute atomic E-state index is 0.0141. The van der Waals surface area contributed by atoms with Gasteiger partial charge in [0.15, 0.2) is 0 Å². The highest BCUT2D eigenvalue weighted by Crippen LogP contribution is 2.29. The Hall–Kier alpha value is -0.820. The fourth-order valence-electron chi connectivity index (χ4n) is 1.92. The van der Waals surface area contributed by atoms with E-state index < -0.39 is 18.8 Å². The number of hydrogen-bond acceptors (Lipinski definition) is 3. The molecule has 19 heavy (non-hydrogen) atoms. The average Bonchev–Trinajstić information content (AvgIpc) is 2.30. The standard InChI is InChI=1S/C12H16ClF3N2O/c13-10-4-2-1-3-9(10)11(7-17)18(5-6-19)8-12(14,15)16/h1-4,11,19H,5-8,17H2. The van der Waals surface area contributed by atoms with E-state index in [1.54, 1.807) is 24.3 Å². The lowest BCUT2D eigenvalue weighted by atomic mass is 10.1. The van der Waals surface area contributed by atoms with Gasteiger partial charge in [0.05, 0.1) is 13.2 Å². The third-order valence-corrected chi connectivity index (χ3v) is 3.04. The highest BCUT2D eigenvalue weighted by molar-refractivity contribution is 6.31. The highest BCUT2D eigenvalue weighted by Gasteiger charge is 2.34. The Bertz CT molecular complexity index is 401. The maximum absolute atomic E-state index is 12.5. The molecule has 0 fully saturated rings. The van der Waals surface area contributed by atoms with Crippen molar-refractivity contribution in [2.24, 2.45) is 5.73 Å². The van der Waals surface area contributed by atoms with E-state index in [2.05, 4.69) is 0 Å². The number of nitrogens with two attached hydrogens (primary N) is 1. The zero-order chi connectivity index (χ0) is 14.5. The van der Waals surface area contributed by atoms with Gasteiger partial charge in [-0.1, -0.05) is 29.8 Å². The summed E-state index contributed by atoms with van der Waals surface area (Å²) >= 11 is 5.99. The molecule has 0 heterocycles. The molecule has 0 saturated heterocycles. The third-order valence-electron chi connectivity index (χ3n) is 2.70. The molecule has 3 N–H and O–H groups in total. The van der Waals surface area contributed by atoms with Crippen LogP contribution in [0.4, 0.5) is 13.2 Å². The van der Waals surface area contributed by atoms with Gasteiger partial charge in [-0.2, -0.15) is 13.2 Å². The van der Waals surface area contributed by atoms with Crippen molar-refractivity contribution in [3.05, 3.63) is 34.9 Å². The van der Waals surface area contributed by atoms with Crippen molar-refractivity contribution in [3.8, 4) is 0 Å². The van der Waals surface area contributed by atoms with Crippen LogP contribution in [0.1, 0.15) is 11.6 Å². The molecule has 0 aliphatic rings. The topological polar surface area (TPSA) is 49.5 Å². The largest absolute Gasteiger partial charge is 0.401 e. The maximum Gasteiger partial charge on any atom is 0.401 e. The summed E-state index contributed by atoms with van der Waals surface area (Å²) in [4.78, 5) is 1.08. The first kappa shape index (κ1) is 16.2. The summed E-state index contributed by atoms with van der Waals surface area (Å²) in [5, 5.41) is 9.28. The molecule has 1 atom stereocenters. The summed E-state index contributed by atoms with van der Waals surface area (Å²) in [5.74, 6) is 0. The Morgan fingerprint density at radius 2 is 1.95 bits per heavy atom. The first-order chi connectivity index (χ1) is 8.89. The Kier molecular flexibility index (Phi) is 6.06. The van der Waals surface area contributed by atoms with Crippen LogP contribution >= 0.6 is 11.6 Å². The zero-order valence-corrected chi connectivity index (χ0v) is 11.0. The summed E-state index contributed by atoms with van der Waals surface area (Å²) in [5.41, 5.74) is 6.11. The molecule has 0 radical (unpaired) electrons. The fourth-order valence-corrected chi connectivity index (χ4v) is 2.18. The van der Waals surface area contributed by atoms with Gasteiger partial charge in [0.1, 0.15) is 0 Å². The molecule has 0 aromatic heterocycles. The van der Waals surface area contributed by atoms with E-state index in [-0.39, 0.29) is 19.7 Å². The summed E-state index contributed by atoms with van der Waals surface area (Å²) in [6.07, 6.45) is -4.36. The molecule has 0 bridgehead atoms. The lowest BCUT2D eigenvalue weighted by Crippen LogP contribution is -2.41. The molecule has 3 nitrogen and oxygen atoms in total. The van der Waals surface area contributed by atoms with Crippen molar-refractivity contribution in [2.75, 3.05) is 26.2 Å². The molecule has 0 aliphatic carbocycles. The van der Waals surface area contributed by atoms with E-state index >= 15 is 0 Å². The number of aliphatic hydroxyl groups is 1. The third kappa shape index (κ3) is 4.99. The number of aliphatic hydroxyl groups excluding tert-OH is 1. The van der Waals surface area contributed by atoms with Gasteiger partial charge in [-0.25, -0.2) is 0 Å². The lowest BCUT2D eigenvalue weighted by molar-refractivity contribution is -0.151. The molecule has 1 rings (SSSR count). The molecule has 7 heteroatoms. The fraction of sp³-hybridized carbons (Fsp3) is 0.500. The number of hydrogen-bond donors (Lipinski definition) is 2. The van der Waals surface area contributed by atoms with E-state index in [4.69, 9.17) is 22.4 Å². The highest BCUT2D eigenvalue weighted by atomic mass is 35.5. The second kappa shape index (κ2) is 7.09. The van der Waals surface area contributed by atoms with Crippen LogP contribution < -0.4 is 5.73 Å². The van der Waals surface area contributed by atoms with Gasteiger partial charge >= 0.3 is 6.18 Å². The smallest absolute Gasteiger partial charge is 0.395 e. The Balaban J connectivity index is 3.00. The van der Waals surface area contributed by atoms with Crippen molar-refractivity contribution >= 4 is 11.6 Å². The van der Waals surface area contributed by atoms with Crippen molar-refractivity contribution in [1.82, 2.24) is 4.90 Å². The Labute approximate surface area is 114 Å². The van der Waals surface area contributed by atoms with E-state index in [0.717, 1.165) is 4.90 Å². The minimum atomic E-state index is -4.36. The van der Waals surface area contributed by atoms with Crippen LogP contribution in [0.2, 0.25) is 5.02 Å². The van der Waals surface area contributed by atoms with Crippen molar-refractivity contribution in [1.29, 1.82) is 0 Å². The maximum atomic E-state index is 12.5. The normalized spacial score (nSPS) is 13.8. The van der Waals surface area contributed by atoms with Crippen LogP contribution in [0.5, 0.6) is 0 Å². The van der Waals surface area contributed by atoms with E-state index in [1.807, 2.05) is 0 Å².